The number of hydrogen-bond acceptors (Lipinski definition) is 0. The van der Waals surface area contributed by atoms with Crippen molar-refractivity contribution in [1.82, 2.24) is 0 Å². The Kier molecular flexibility index (Phi) is 9.18. The summed E-state index contributed by atoms with van der Waals surface area (Å²) in [6.07, 6.45) is 0. The summed E-state index contributed by atoms with van der Waals surface area (Å²) >= 11 is 24.2. The van der Waals surface area contributed by atoms with Crippen molar-refractivity contribution < 1.29 is 0 Å². The van der Waals surface area contributed by atoms with Gasteiger partial charge >= 0.3 is 0 Å². The van der Waals surface area contributed by atoms with Crippen LogP contribution in [0.2, 0.25) is 30.2 Å². The van der Waals surface area contributed by atoms with Crippen LogP contribution in [0.1, 0.15) is 125 Å². The van der Waals surface area contributed by atoms with E-state index >= 15 is 0 Å². The molecule has 0 aliphatic heterocycles. The van der Waals surface area contributed by atoms with Gasteiger partial charge in [0.15, 0.2) is 7.14 Å². The van der Waals surface area contributed by atoms with Crippen molar-refractivity contribution in [3.8, 4) is 0 Å². The fourth-order valence-corrected chi connectivity index (χ4v) is 117. The van der Waals surface area contributed by atoms with E-state index in [1.54, 1.807) is 0 Å². The molecule has 0 saturated carbocycles. The number of halogens is 3. The SMILES string of the molecule is CC(C)(C)[Si]([Si](Cl)[Si](Cl)(Cl)[Si](C(C)(C)C)(C(C)(C)C)C(C)(C)C)(C(C)(C)C)C(C)(C)C. The van der Waals surface area contributed by atoms with Gasteiger partial charge in [0, 0.05) is 0 Å². The van der Waals surface area contributed by atoms with Gasteiger partial charge in [0.2, 0.25) is 5.73 Å². The molecule has 0 fully saturated rings. The molecule has 0 heterocycles. The highest BCUT2D eigenvalue weighted by molar-refractivity contribution is 8.06. The van der Waals surface area contributed by atoms with Crippen LogP contribution in [0.4, 0.5) is 0 Å². The van der Waals surface area contributed by atoms with E-state index in [-0.39, 0.29) is 30.2 Å². The van der Waals surface area contributed by atoms with Gasteiger partial charge in [-0.1, -0.05) is 125 Å². The minimum absolute atomic E-state index is 0.0395. The van der Waals surface area contributed by atoms with Gasteiger partial charge in [-0.05, 0) is 30.2 Å². The molecule has 0 nitrogen and oxygen atoms in total. The molecular formula is C24H54Cl3Si4. The average molecular weight is 561 g/mol. The fourth-order valence-electron chi connectivity index (χ4n) is 9.55. The van der Waals surface area contributed by atoms with Gasteiger partial charge in [0.1, 0.15) is 0 Å². The molecule has 187 valence electrons. The summed E-state index contributed by atoms with van der Waals surface area (Å²) in [5.41, 5.74) is -2.95. The van der Waals surface area contributed by atoms with Crippen LogP contribution in [0.3, 0.4) is 0 Å². The Morgan fingerprint density at radius 3 is 0.742 bits per heavy atom. The molecule has 0 aromatic rings. The van der Waals surface area contributed by atoms with Gasteiger partial charge in [-0.3, -0.25) is 0 Å². The maximum atomic E-state index is 8.08. The maximum absolute atomic E-state index is 8.08. The van der Waals surface area contributed by atoms with Crippen LogP contribution < -0.4 is 0 Å². The highest BCUT2D eigenvalue weighted by Gasteiger charge is 2.79. The Hall–Kier alpha value is 1.74. The molecule has 0 aromatic carbocycles. The molecule has 0 amide bonds. The Morgan fingerprint density at radius 2 is 0.613 bits per heavy atom. The van der Waals surface area contributed by atoms with Crippen molar-refractivity contribution in [2.24, 2.45) is 0 Å². The van der Waals surface area contributed by atoms with E-state index < -0.39 is 28.1 Å². The number of hydrogen-bond donors (Lipinski definition) is 0. The highest BCUT2D eigenvalue weighted by atomic mass is 35.7. The van der Waals surface area contributed by atoms with Crippen LogP contribution in [0.25, 0.3) is 0 Å². The second kappa shape index (κ2) is 8.69. The van der Waals surface area contributed by atoms with Crippen LogP contribution in [0.5, 0.6) is 0 Å². The van der Waals surface area contributed by atoms with E-state index in [9.17, 15) is 0 Å². The third kappa shape index (κ3) is 4.77. The quantitative estimate of drug-likeness (QED) is 0.238. The summed E-state index contributed by atoms with van der Waals surface area (Å²) in [4.78, 5) is 0. The first-order valence-electron chi connectivity index (χ1n) is 11.8. The van der Waals surface area contributed by atoms with Crippen molar-refractivity contribution in [3.63, 3.8) is 0 Å². The second-order valence-electron chi connectivity index (χ2n) is 15.9. The lowest BCUT2D eigenvalue weighted by atomic mass is 10.2. The van der Waals surface area contributed by atoms with Crippen molar-refractivity contribution in [1.29, 1.82) is 0 Å². The van der Waals surface area contributed by atoms with Gasteiger partial charge in [-0.2, -0.15) is 33.2 Å². The smallest absolute Gasteiger partial charge is 0.173 e. The van der Waals surface area contributed by atoms with Gasteiger partial charge < -0.3 is 0 Å². The second-order valence-corrected chi connectivity index (χ2v) is 55.5. The molecular weight excluding hydrogens is 507 g/mol. The standard InChI is InChI=1S/C24H54Cl3Si4/c1-19(2,3)29(20(4,5)6,21(7,8)9)28(25)31(26,27)30(22(10,11)12,23(13,14)15)24(16,17)18/h1-18H3. The Labute approximate surface area is 215 Å². The molecule has 0 rings (SSSR count). The van der Waals surface area contributed by atoms with Crippen molar-refractivity contribution in [2.75, 3.05) is 0 Å². The summed E-state index contributed by atoms with van der Waals surface area (Å²) in [6, 6.07) is 0. The summed E-state index contributed by atoms with van der Waals surface area (Å²) in [7, 11) is -6.30. The summed E-state index contributed by atoms with van der Waals surface area (Å²) in [6.45, 7) is 43.5. The summed E-state index contributed by atoms with van der Waals surface area (Å²) in [5.74, 6) is 0. The Morgan fingerprint density at radius 1 is 0.419 bits per heavy atom. The first kappa shape index (κ1) is 32.7. The molecule has 0 unspecified atom stereocenters. The topological polar surface area (TPSA) is 0 Å². The molecule has 0 bridgehead atoms. The number of rotatable bonds is 3. The van der Waals surface area contributed by atoms with Gasteiger partial charge in [0.05, 0.1) is 15.2 Å². The van der Waals surface area contributed by atoms with Gasteiger partial charge in [-0.25, -0.2) is 0 Å². The predicted molar refractivity (Wildman–Crippen MR) is 159 cm³/mol. The van der Waals surface area contributed by atoms with E-state index in [2.05, 4.69) is 125 Å². The lowest BCUT2D eigenvalue weighted by molar-refractivity contribution is 0.552. The molecule has 0 aliphatic rings. The normalized spacial score (nSPS) is 16.8. The van der Waals surface area contributed by atoms with E-state index in [1.807, 2.05) is 0 Å². The first-order valence-corrected chi connectivity index (χ1v) is 25.4. The van der Waals surface area contributed by atoms with Gasteiger partial charge in [-0.15, -0.1) is 0 Å². The molecule has 31 heavy (non-hydrogen) atoms. The Bertz CT molecular complexity index is 559. The van der Waals surface area contributed by atoms with Crippen LogP contribution >= 0.6 is 33.2 Å². The molecule has 1 radical (unpaired) electrons. The lowest BCUT2D eigenvalue weighted by Crippen LogP contribution is -2.83. The monoisotopic (exact) mass is 559 g/mol. The molecule has 0 N–H and O–H groups in total. The van der Waals surface area contributed by atoms with Crippen LogP contribution in [0.15, 0.2) is 0 Å². The molecule has 0 spiro atoms. The highest BCUT2D eigenvalue weighted by Crippen LogP contribution is 2.71. The van der Waals surface area contributed by atoms with Crippen LogP contribution in [0, 0.1) is 0 Å². The van der Waals surface area contributed by atoms with E-state index in [1.165, 1.54) is 0 Å². The Balaban J connectivity index is 7.89. The summed E-state index contributed by atoms with van der Waals surface area (Å²) < 4.78 is 0. The largest absolute Gasteiger partial charge is 0.242 e. The molecule has 0 saturated heterocycles. The van der Waals surface area contributed by atoms with Crippen molar-refractivity contribution in [2.45, 2.75) is 155 Å². The average Bonchev–Trinajstić information content (AvgIpc) is 2.26. The summed E-state index contributed by atoms with van der Waals surface area (Å²) in [5, 5.41) is 0.396. The predicted octanol–water partition coefficient (Wildman–Crippen LogP) is 11.1. The van der Waals surface area contributed by atoms with E-state index in [0.717, 1.165) is 0 Å². The molecule has 0 aliphatic carbocycles. The van der Waals surface area contributed by atoms with Gasteiger partial charge in [0.25, 0.3) is 0 Å². The van der Waals surface area contributed by atoms with E-state index in [4.69, 9.17) is 33.2 Å². The van der Waals surface area contributed by atoms with Crippen molar-refractivity contribution >= 4 is 61.3 Å². The maximum Gasteiger partial charge on any atom is 0.242 e. The molecule has 0 aromatic heterocycles. The third-order valence-corrected chi connectivity index (χ3v) is 77.7. The molecule has 0 atom stereocenters. The minimum atomic E-state index is -2.95. The zero-order chi connectivity index (χ0) is 26.1. The molecule has 7 heteroatoms. The zero-order valence-electron chi connectivity index (χ0n) is 24.1. The first-order chi connectivity index (χ1) is 12.9. The van der Waals surface area contributed by atoms with E-state index in [0.29, 0.717) is 0 Å². The van der Waals surface area contributed by atoms with Crippen molar-refractivity contribution in [3.05, 3.63) is 0 Å². The fraction of sp³-hybridized carbons (Fsp3) is 1.00. The van der Waals surface area contributed by atoms with Crippen LogP contribution in [-0.4, -0.2) is 28.1 Å². The minimum Gasteiger partial charge on any atom is -0.173 e. The lowest BCUT2D eigenvalue weighted by Gasteiger charge is -2.68. The van der Waals surface area contributed by atoms with Crippen LogP contribution in [-0.2, 0) is 0 Å². The zero-order valence-corrected chi connectivity index (χ0v) is 30.4. The third-order valence-electron chi connectivity index (χ3n) is 7.83.